The molecule has 0 aromatic heterocycles. The quantitative estimate of drug-likeness (QED) is 0.513. The van der Waals surface area contributed by atoms with Crippen LogP contribution < -0.4 is 0 Å². The number of hydrogen-bond acceptors (Lipinski definition) is 3. The second-order valence-electron chi connectivity index (χ2n) is 3.42. The predicted octanol–water partition coefficient (Wildman–Crippen LogP) is 2.23. The molecule has 1 rings (SSSR count). The van der Waals surface area contributed by atoms with E-state index in [9.17, 15) is 0 Å². The summed E-state index contributed by atoms with van der Waals surface area (Å²) in [5.41, 5.74) is 0.132. The summed E-state index contributed by atoms with van der Waals surface area (Å²) in [5.74, 6) is 2.38. The maximum absolute atomic E-state index is 5.54. The second kappa shape index (κ2) is 4.06. The van der Waals surface area contributed by atoms with E-state index >= 15 is 0 Å². The SMILES string of the molecule is CC(C)OC(S)C1CC1CS. The molecule has 1 fully saturated rings. The van der Waals surface area contributed by atoms with E-state index in [1.54, 1.807) is 0 Å². The standard InChI is InChI=1S/C8H16OS2/c1-5(2)9-8(11)7-3-6(7)4-10/h5-8,10-11H,3-4H2,1-2H3. The Morgan fingerprint density at radius 1 is 1.55 bits per heavy atom. The van der Waals surface area contributed by atoms with Crippen molar-refractivity contribution in [3.05, 3.63) is 0 Å². The lowest BCUT2D eigenvalue weighted by Gasteiger charge is -2.14. The van der Waals surface area contributed by atoms with E-state index in [2.05, 4.69) is 25.3 Å². The van der Waals surface area contributed by atoms with Crippen molar-refractivity contribution in [1.82, 2.24) is 0 Å². The molecule has 0 heterocycles. The van der Waals surface area contributed by atoms with E-state index < -0.39 is 0 Å². The zero-order valence-corrected chi connectivity index (χ0v) is 8.82. The minimum atomic E-state index is 0.132. The molecular formula is C8H16OS2. The lowest BCUT2D eigenvalue weighted by Crippen LogP contribution is -2.14. The molecule has 3 atom stereocenters. The van der Waals surface area contributed by atoms with E-state index in [-0.39, 0.29) is 5.44 Å². The van der Waals surface area contributed by atoms with E-state index in [0.717, 1.165) is 11.7 Å². The Balaban J connectivity index is 2.17. The molecule has 1 aliphatic rings. The molecule has 1 saturated carbocycles. The monoisotopic (exact) mass is 192 g/mol. The largest absolute Gasteiger partial charge is 0.365 e. The third kappa shape index (κ3) is 2.88. The molecule has 66 valence electrons. The number of hydrogen-bond donors (Lipinski definition) is 2. The van der Waals surface area contributed by atoms with Crippen LogP contribution in [0.3, 0.4) is 0 Å². The third-order valence-corrected chi connectivity index (χ3v) is 2.96. The zero-order valence-electron chi connectivity index (χ0n) is 7.03. The van der Waals surface area contributed by atoms with Crippen molar-refractivity contribution in [2.75, 3.05) is 5.75 Å². The summed E-state index contributed by atoms with van der Waals surface area (Å²) >= 11 is 8.62. The van der Waals surface area contributed by atoms with E-state index in [0.29, 0.717) is 12.0 Å². The molecule has 0 bridgehead atoms. The maximum Gasteiger partial charge on any atom is 0.103 e. The predicted molar refractivity (Wildman–Crippen MR) is 54.4 cm³/mol. The van der Waals surface area contributed by atoms with Gasteiger partial charge in [0.05, 0.1) is 6.10 Å². The van der Waals surface area contributed by atoms with Gasteiger partial charge in [-0.1, -0.05) is 0 Å². The van der Waals surface area contributed by atoms with Crippen molar-refractivity contribution >= 4 is 25.3 Å². The molecule has 3 unspecified atom stereocenters. The van der Waals surface area contributed by atoms with Crippen LogP contribution >= 0.6 is 25.3 Å². The van der Waals surface area contributed by atoms with Crippen LogP contribution in [0.4, 0.5) is 0 Å². The number of rotatable bonds is 4. The minimum absolute atomic E-state index is 0.132. The first-order valence-corrected chi connectivity index (χ1v) is 5.24. The van der Waals surface area contributed by atoms with Gasteiger partial charge in [-0.2, -0.15) is 12.6 Å². The summed E-state index contributed by atoms with van der Waals surface area (Å²) in [5, 5.41) is 0. The summed E-state index contributed by atoms with van der Waals surface area (Å²) in [7, 11) is 0. The van der Waals surface area contributed by atoms with Gasteiger partial charge in [0, 0.05) is 0 Å². The van der Waals surface area contributed by atoms with E-state index in [1.165, 1.54) is 6.42 Å². The fourth-order valence-corrected chi connectivity index (χ4v) is 2.24. The molecule has 1 aliphatic carbocycles. The van der Waals surface area contributed by atoms with E-state index in [1.807, 2.05) is 13.8 Å². The van der Waals surface area contributed by atoms with Gasteiger partial charge >= 0.3 is 0 Å². The van der Waals surface area contributed by atoms with Crippen LogP contribution in [0.5, 0.6) is 0 Å². The van der Waals surface area contributed by atoms with Crippen molar-refractivity contribution in [3.8, 4) is 0 Å². The van der Waals surface area contributed by atoms with Crippen LogP contribution in [0.1, 0.15) is 20.3 Å². The van der Waals surface area contributed by atoms with Gasteiger partial charge < -0.3 is 4.74 Å². The van der Waals surface area contributed by atoms with Gasteiger partial charge in [-0.15, -0.1) is 12.6 Å². The first-order valence-electron chi connectivity index (χ1n) is 4.09. The van der Waals surface area contributed by atoms with Gasteiger partial charge in [0.25, 0.3) is 0 Å². The first-order chi connectivity index (χ1) is 5.15. The topological polar surface area (TPSA) is 9.23 Å². The first kappa shape index (κ1) is 9.75. The van der Waals surface area contributed by atoms with Crippen LogP contribution in [0.2, 0.25) is 0 Å². The molecule has 0 aliphatic heterocycles. The van der Waals surface area contributed by atoms with Gasteiger partial charge in [0.2, 0.25) is 0 Å². The van der Waals surface area contributed by atoms with Gasteiger partial charge in [0.1, 0.15) is 5.44 Å². The Kier molecular flexibility index (Phi) is 3.59. The fraction of sp³-hybridized carbons (Fsp3) is 1.00. The molecule has 3 heteroatoms. The Morgan fingerprint density at radius 3 is 2.55 bits per heavy atom. The van der Waals surface area contributed by atoms with Crippen molar-refractivity contribution in [1.29, 1.82) is 0 Å². The Hall–Kier alpha value is 0.660. The van der Waals surface area contributed by atoms with Gasteiger partial charge in [-0.3, -0.25) is 0 Å². The van der Waals surface area contributed by atoms with Crippen LogP contribution in [0, 0.1) is 11.8 Å². The molecule has 0 aromatic rings. The average Bonchev–Trinajstić information content (AvgIpc) is 2.63. The molecule has 0 aromatic carbocycles. The van der Waals surface area contributed by atoms with Gasteiger partial charge in [-0.05, 0) is 37.9 Å². The summed E-state index contributed by atoms with van der Waals surface area (Å²) in [6.45, 7) is 4.09. The Bertz CT molecular complexity index is 127. The molecular weight excluding hydrogens is 176 g/mol. The highest BCUT2D eigenvalue weighted by atomic mass is 32.1. The van der Waals surface area contributed by atoms with Gasteiger partial charge in [0.15, 0.2) is 0 Å². The van der Waals surface area contributed by atoms with Crippen LogP contribution in [0.25, 0.3) is 0 Å². The summed E-state index contributed by atoms with van der Waals surface area (Å²) in [6, 6.07) is 0. The van der Waals surface area contributed by atoms with Crippen molar-refractivity contribution in [2.45, 2.75) is 31.8 Å². The Morgan fingerprint density at radius 2 is 2.18 bits per heavy atom. The molecule has 1 nitrogen and oxygen atoms in total. The van der Waals surface area contributed by atoms with Crippen molar-refractivity contribution in [2.24, 2.45) is 11.8 Å². The van der Waals surface area contributed by atoms with Crippen LogP contribution in [-0.4, -0.2) is 17.3 Å². The molecule has 0 spiro atoms. The molecule has 11 heavy (non-hydrogen) atoms. The Labute approximate surface area is 79.7 Å². The highest BCUT2D eigenvalue weighted by Gasteiger charge is 2.41. The maximum atomic E-state index is 5.54. The molecule has 0 saturated heterocycles. The van der Waals surface area contributed by atoms with Gasteiger partial charge in [-0.25, -0.2) is 0 Å². The summed E-state index contributed by atoms with van der Waals surface area (Å²) < 4.78 is 5.54. The minimum Gasteiger partial charge on any atom is -0.365 e. The van der Waals surface area contributed by atoms with Crippen LogP contribution in [0.15, 0.2) is 0 Å². The van der Waals surface area contributed by atoms with E-state index in [4.69, 9.17) is 4.74 Å². The fourth-order valence-electron chi connectivity index (χ4n) is 1.21. The molecule has 0 amide bonds. The normalized spacial score (nSPS) is 32.5. The summed E-state index contributed by atoms with van der Waals surface area (Å²) in [6.07, 6.45) is 1.53. The van der Waals surface area contributed by atoms with Crippen molar-refractivity contribution in [3.63, 3.8) is 0 Å². The number of ether oxygens (including phenoxy) is 1. The second-order valence-corrected chi connectivity index (χ2v) is 4.29. The third-order valence-electron chi connectivity index (χ3n) is 1.99. The van der Waals surface area contributed by atoms with Crippen molar-refractivity contribution < 1.29 is 4.74 Å². The zero-order chi connectivity index (χ0) is 8.43. The molecule has 0 N–H and O–H groups in total. The summed E-state index contributed by atoms with van der Waals surface area (Å²) in [4.78, 5) is 0. The average molecular weight is 192 g/mol. The number of thiol groups is 2. The van der Waals surface area contributed by atoms with Crippen LogP contribution in [-0.2, 0) is 4.74 Å². The lowest BCUT2D eigenvalue weighted by molar-refractivity contribution is 0.0472. The highest BCUT2D eigenvalue weighted by molar-refractivity contribution is 7.81. The highest BCUT2D eigenvalue weighted by Crippen LogP contribution is 2.44. The molecule has 0 radical (unpaired) electrons. The smallest absolute Gasteiger partial charge is 0.103 e. The lowest BCUT2D eigenvalue weighted by atomic mass is 10.3.